The number of aliphatic carboxylic acids is 1. The van der Waals surface area contributed by atoms with Crippen LogP contribution in [0.15, 0.2) is 0 Å². The van der Waals surface area contributed by atoms with Gasteiger partial charge in [0.05, 0.1) is 6.61 Å². The van der Waals surface area contributed by atoms with Gasteiger partial charge in [0.15, 0.2) is 0 Å². The van der Waals surface area contributed by atoms with E-state index in [2.05, 4.69) is 14.7 Å². The lowest BCUT2D eigenvalue weighted by atomic mass is 10.3. The first kappa shape index (κ1) is 11.9. The molecule has 2 N–H and O–H groups in total. The highest BCUT2D eigenvalue weighted by atomic mass is 32.1. The molecular formula is C8H13N3O3S. The Labute approximate surface area is 91.5 Å². The quantitative estimate of drug-likeness (QED) is 0.746. The standard InChI is InChI=1S/C8H13N3O3S/c1-3-6-10-8(15-11-6)9-5(4-14-2)7(12)13/h5H,3-4H2,1-2H3,(H,12,13)(H,9,10,11). The molecule has 84 valence electrons. The van der Waals surface area contributed by atoms with Gasteiger partial charge in [0, 0.05) is 25.1 Å². The summed E-state index contributed by atoms with van der Waals surface area (Å²) in [4.78, 5) is 14.9. The summed E-state index contributed by atoms with van der Waals surface area (Å²) in [5, 5.41) is 12.1. The average molecular weight is 231 g/mol. The third-order valence-electron chi connectivity index (χ3n) is 1.71. The second-order valence-corrected chi connectivity index (χ2v) is 3.61. The van der Waals surface area contributed by atoms with Crippen LogP contribution in [0.25, 0.3) is 0 Å². The smallest absolute Gasteiger partial charge is 0.328 e. The van der Waals surface area contributed by atoms with E-state index >= 15 is 0 Å². The van der Waals surface area contributed by atoms with Gasteiger partial charge < -0.3 is 15.2 Å². The molecule has 0 aliphatic rings. The van der Waals surface area contributed by atoms with Gasteiger partial charge in [-0.3, -0.25) is 0 Å². The van der Waals surface area contributed by atoms with Gasteiger partial charge in [0.2, 0.25) is 5.13 Å². The molecule has 0 spiro atoms. The zero-order chi connectivity index (χ0) is 11.3. The molecule has 0 amide bonds. The monoisotopic (exact) mass is 231 g/mol. The summed E-state index contributed by atoms with van der Waals surface area (Å²) >= 11 is 1.15. The van der Waals surface area contributed by atoms with Gasteiger partial charge in [0.25, 0.3) is 0 Å². The number of nitrogens with zero attached hydrogens (tertiary/aromatic N) is 2. The molecule has 6 nitrogen and oxygen atoms in total. The van der Waals surface area contributed by atoms with E-state index in [9.17, 15) is 4.79 Å². The van der Waals surface area contributed by atoms with Crippen LogP contribution in [0.5, 0.6) is 0 Å². The number of aryl methyl sites for hydroxylation is 1. The molecule has 0 saturated heterocycles. The van der Waals surface area contributed by atoms with Crippen molar-refractivity contribution in [3.8, 4) is 0 Å². The van der Waals surface area contributed by atoms with Gasteiger partial charge in [-0.25, -0.2) is 9.78 Å². The Morgan fingerprint density at radius 1 is 1.73 bits per heavy atom. The molecular weight excluding hydrogens is 218 g/mol. The normalized spacial score (nSPS) is 12.4. The molecule has 0 aliphatic carbocycles. The van der Waals surface area contributed by atoms with Crippen molar-refractivity contribution >= 4 is 22.6 Å². The number of methoxy groups -OCH3 is 1. The number of carbonyl (C=O) groups is 1. The average Bonchev–Trinajstić information content (AvgIpc) is 2.65. The van der Waals surface area contributed by atoms with Gasteiger partial charge in [-0.15, -0.1) is 0 Å². The molecule has 0 aliphatic heterocycles. The van der Waals surface area contributed by atoms with E-state index in [1.807, 2.05) is 6.92 Å². The molecule has 1 unspecified atom stereocenters. The Balaban J connectivity index is 2.61. The van der Waals surface area contributed by atoms with Crippen LogP contribution < -0.4 is 5.32 Å². The minimum atomic E-state index is -0.968. The number of aromatic nitrogens is 2. The predicted molar refractivity (Wildman–Crippen MR) is 56.2 cm³/mol. The van der Waals surface area contributed by atoms with Crippen molar-refractivity contribution in [2.24, 2.45) is 0 Å². The summed E-state index contributed by atoms with van der Waals surface area (Å²) in [5.74, 6) is -0.255. The van der Waals surface area contributed by atoms with E-state index in [0.717, 1.165) is 18.0 Å². The van der Waals surface area contributed by atoms with Crippen LogP contribution in [-0.2, 0) is 16.0 Å². The lowest BCUT2D eigenvalue weighted by Gasteiger charge is -2.11. The Bertz CT molecular complexity index is 329. The van der Waals surface area contributed by atoms with Crippen LogP contribution in [0.2, 0.25) is 0 Å². The molecule has 0 bridgehead atoms. The van der Waals surface area contributed by atoms with E-state index in [1.165, 1.54) is 7.11 Å². The Hall–Kier alpha value is -1.21. The Morgan fingerprint density at radius 3 is 2.93 bits per heavy atom. The maximum absolute atomic E-state index is 10.8. The van der Waals surface area contributed by atoms with E-state index in [-0.39, 0.29) is 6.61 Å². The summed E-state index contributed by atoms with van der Waals surface area (Å²) in [6, 6.07) is -0.785. The van der Waals surface area contributed by atoms with Crippen LogP contribution in [0.4, 0.5) is 5.13 Å². The lowest BCUT2D eigenvalue weighted by Crippen LogP contribution is -2.33. The van der Waals surface area contributed by atoms with E-state index in [1.54, 1.807) is 0 Å². The summed E-state index contributed by atoms with van der Waals surface area (Å²) < 4.78 is 8.83. The maximum atomic E-state index is 10.8. The van der Waals surface area contributed by atoms with Gasteiger partial charge in [-0.2, -0.15) is 4.37 Å². The van der Waals surface area contributed by atoms with Crippen LogP contribution >= 0.6 is 11.5 Å². The fraction of sp³-hybridized carbons (Fsp3) is 0.625. The zero-order valence-electron chi connectivity index (χ0n) is 8.56. The lowest BCUT2D eigenvalue weighted by molar-refractivity contribution is -0.139. The molecule has 1 aromatic rings. The molecule has 0 aromatic carbocycles. The topological polar surface area (TPSA) is 84.3 Å². The number of anilines is 1. The van der Waals surface area contributed by atoms with Crippen molar-refractivity contribution in [1.82, 2.24) is 9.36 Å². The molecule has 15 heavy (non-hydrogen) atoms. The zero-order valence-corrected chi connectivity index (χ0v) is 9.37. The van der Waals surface area contributed by atoms with Gasteiger partial charge in [-0.1, -0.05) is 6.92 Å². The van der Waals surface area contributed by atoms with Crippen molar-refractivity contribution in [3.05, 3.63) is 5.82 Å². The number of ether oxygens (including phenoxy) is 1. The maximum Gasteiger partial charge on any atom is 0.328 e. The second kappa shape index (κ2) is 5.62. The highest BCUT2D eigenvalue weighted by Gasteiger charge is 2.18. The van der Waals surface area contributed by atoms with Crippen molar-refractivity contribution < 1.29 is 14.6 Å². The minimum Gasteiger partial charge on any atom is -0.480 e. The van der Waals surface area contributed by atoms with Gasteiger partial charge in [0.1, 0.15) is 11.9 Å². The third-order valence-corrected chi connectivity index (χ3v) is 2.40. The first-order chi connectivity index (χ1) is 7.17. The molecule has 1 atom stereocenters. The first-order valence-electron chi connectivity index (χ1n) is 4.48. The summed E-state index contributed by atoms with van der Waals surface area (Å²) in [5.41, 5.74) is 0. The largest absolute Gasteiger partial charge is 0.480 e. The molecule has 0 fully saturated rings. The van der Waals surface area contributed by atoms with E-state index < -0.39 is 12.0 Å². The Morgan fingerprint density at radius 2 is 2.47 bits per heavy atom. The van der Waals surface area contributed by atoms with Crippen molar-refractivity contribution in [1.29, 1.82) is 0 Å². The predicted octanol–water partition coefficient (Wildman–Crippen LogP) is 0.612. The molecule has 0 saturated carbocycles. The number of rotatable bonds is 6. The number of carboxylic acid groups (broad SMARTS) is 1. The van der Waals surface area contributed by atoms with Crippen LogP contribution in [-0.4, -0.2) is 40.2 Å². The number of nitrogens with one attached hydrogen (secondary N) is 1. The highest BCUT2D eigenvalue weighted by Crippen LogP contribution is 2.12. The van der Waals surface area contributed by atoms with Crippen LogP contribution in [0, 0.1) is 0 Å². The summed E-state index contributed by atoms with van der Waals surface area (Å²) in [7, 11) is 1.45. The number of hydrogen-bond acceptors (Lipinski definition) is 6. The molecule has 1 heterocycles. The van der Waals surface area contributed by atoms with E-state index in [0.29, 0.717) is 11.0 Å². The van der Waals surface area contributed by atoms with Crippen molar-refractivity contribution in [2.45, 2.75) is 19.4 Å². The summed E-state index contributed by atoms with van der Waals surface area (Å²) in [6.07, 6.45) is 0.736. The molecule has 7 heteroatoms. The van der Waals surface area contributed by atoms with Crippen molar-refractivity contribution in [2.75, 3.05) is 19.0 Å². The SMILES string of the molecule is CCc1nsc(NC(COC)C(=O)O)n1. The number of hydrogen-bond donors (Lipinski definition) is 2. The molecule has 1 aromatic heterocycles. The fourth-order valence-corrected chi connectivity index (χ4v) is 1.65. The Kier molecular flexibility index (Phi) is 4.44. The molecule has 1 rings (SSSR count). The summed E-state index contributed by atoms with van der Waals surface area (Å²) in [6.45, 7) is 2.03. The second-order valence-electron chi connectivity index (χ2n) is 2.86. The minimum absolute atomic E-state index is 0.0936. The third kappa shape index (κ3) is 3.45. The van der Waals surface area contributed by atoms with Crippen LogP contribution in [0.1, 0.15) is 12.7 Å². The highest BCUT2D eigenvalue weighted by molar-refractivity contribution is 7.09. The molecule has 0 radical (unpaired) electrons. The number of carboxylic acids is 1. The van der Waals surface area contributed by atoms with Gasteiger partial charge in [-0.05, 0) is 0 Å². The fourth-order valence-electron chi connectivity index (χ4n) is 0.947. The van der Waals surface area contributed by atoms with Gasteiger partial charge >= 0.3 is 5.97 Å². The van der Waals surface area contributed by atoms with Crippen molar-refractivity contribution in [3.63, 3.8) is 0 Å². The first-order valence-corrected chi connectivity index (χ1v) is 5.25. The van der Waals surface area contributed by atoms with Crippen LogP contribution in [0.3, 0.4) is 0 Å². The van der Waals surface area contributed by atoms with E-state index in [4.69, 9.17) is 9.84 Å².